The van der Waals surface area contributed by atoms with Crippen LogP contribution in [0.3, 0.4) is 0 Å². The Kier molecular flexibility index (Phi) is 7.67. The first-order chi connectivity index (χ1) is 17.3. The predicted molar refractivity (Wildman–Crippen MR) is 141 cm³/mol. The lowest BCUT2D eigenvalue weighted by molar-refractivity contribution is -0.133. The van der Waals surface area contributed by atoms with Gasteiger partial charge in [-0.1, -0.05) is 58.0 Å². The SMILES string of the molecule is CCC1(CC)CC(=O)N(C(CC(C)C)c2cccc(C(=O)N[C@H]3CCOc4ccccc43)c2)C(=N)N1. The molecule has 2 amide bonds. The summed E-state index contributed by atoms with van der Waals surface area (Å²) in [7, 11) is 0. The van der Waals surface area contributed by atoms with Crippen LogP contribution in [0.15, 0.2) is 48.5 Å². The molecule has 0 spiro atoms. The van der Waals surface area contributed by atoms with Crippen molar-refractivity contribution in [3.63, 3.8) is 0 Å². The van der Waals surface area contributed by atoms with E-state index in [1.54, 1.807) is 11.0 Å². The molecular weight excluding hydrogens is 452 g/mol. The molecule has 36 heavy (non-hydrogen) atoms. The Morgan fingerprint density at radius 2 is 1.94 bits per heavy atom. The summed E-state index contributed by atoms with van der Waals surface area (Å²) in [6.07, 6.45) is 3.33. The molecule has 2 aliphatic heterocycles. The molecule has 1 fully saturated rings. The van der Waals surface area contributed by atoms with Crippen LogP contribution in [0.25, 0.3) is 0 Å². The van der Waals surface area contributed by atoms with Gasteiger partial charge in [-0.15, -0.1) is 0 Å². The fourth-order valence-corrected chi connectivity index (χ4v) is 5.32. The second-order valence-corrected chi connectivity index (χ2v) is 10.4. The highest BCUT2D eigenvalue weighted by atomic mass is 16.5. The molecular formula is C29H38N4O3. The summed E-state index contributed by atoms with van der Waals surface area (Å²) in [6, 6.07) is 14.9. The predicted octanol–water partition coefficient (Wildman–Crippen LogP) is 5.34. The number of hydrogen-bond donors (Lipinski definition) is 3. The number of fused-ring (bicyclic) bond motifs is 1. The normalized spacial score (nSPS) is 19.8. The first kappa shape index (κ1) is 25.7. The fraction of sp³-hybridized carbons (Fsp3) is 0.483. The molecule has 0 aromatic heterocycles. The minimum atomic E-state index is -0.366. The van der Waals surface area contributed by atoms with Crippen molar-refractivity contribution in [3.8, 4) is 5.75 Å². The highest BCUT2D eigenvalue weighted by Crippen LogP contribution is 2.35. The minimum Gasteiger partial charge on any atom is -0.493 e. The number of ether oxygens (including phenoxy) is 1. The molecule has 2 aliphatic rings. The van der Waals surface area contributed by atoms with Crippen molar-refractivity contribution in [1.29, 1.82) is 5.41 Å². The zero-order valence-electron chi connectivity index (χ0n) is 21.8. The molecule has 2 aromatic carbocycles. The van der Waals surface area contributed by atoms with Crippen LogP contribution in [-0.4, -0.2) is 34.8 Å². The third-order valence-electron chi connectivity index (χ3n) is 7.54. The quantitative estimate of drug-likeness (QED) is 0.465. The van der Waals surface area contributed by atoms with E-state index >= 15 is 0 Å². The molecule has 0 aliphatic carbocycles. The Morgan fingerprint density at radius 3 is 2.64 bits per heavy atom. The summed E-state index contributed by atoms with van der Waals surface area (Å²) in [4.78, 5) is 28.3. The summed E-state index contributed by atoms with van der Waals surface area (Å²) in [5, 5.41) is 15.2. The molecule has 0 bridgehead atoms. The Bertz CT molecular complexity index is 1110. The molecule has 7 heteroatoms. The topological polar surface area (TPSA) is 94.5 Å². The zero-order chi connectivity index (χ0) is 25.9. The lowest BCUT2D eigenvalue weighted by Crippen LogP contribution is -2.62. The maximum atomic E-state index is 13.4. The molecule has 2 aromatic rings. The standard InChI is InChI=1S/C29H38N4O3/c1-5-29(6-2)18-26(34)33(28(30)32-29)24(16-19(3)4)20-10-9-11-21(17-20)27(35)31-23-14-15-36-25-13-8-7-12-22(23)25/h7-13,17,19,23-24H,5-6,14-16,18H2,1-4H3,(H2,30,32)(H,31,35)/t23-,24?/m0/s1. The van der Waals surface area contributed by atoms with Crippen molar-refractivity contribution < 1.29 is 14.3 Å². The van der Waals surface area contributed by atoms with Crippen LogP contribution in [0, 0.1) is 11.3 Å². The molecule has 1 unspecified atom stereocenters. The third kappa shape index (κ3) is 5.25. The molecule has 0 saturated carbocycles. The van der Waals surface area contributed by atoms with Gasteiger partial charge >= 0.3 is 0 Å². The van der Waals surface area contributed by atoms with E-state index in [2.05, 4.69) is 38.3 Å². The number of para-hydroxylation sites is 1. The summed E-state index contributed by atoms with van der Waals surface area (Å²) in [6.45, 7) is 8.89. The van der Waals surface area contributed by atoms with E-state index in [0.29, 0.717) is 37.4 Å². The van der Waals surface area contributed by atoms with Gasteiger partial charge in [-0.05, 0) is 48.9 Å². The van der Waals surface area contributed by atoms with Gasteiger partial charge in [-0.25, -0.2) is 0 Å². The number of hydrogen-bond acceptors (Lipinski definition) is 4. The van der Waals surface area contributed by atoms with Crippen molar-refractivity contribution >= 4 is 17.8 Å². The Balaban J connectivity index is 1.59. The number of benzene rings is 2. The summed E-state index contributed by atoms with van der Waals surface area (Å²) < 4.78 is 5.73. The van der Waals surface area contributed by atoms with Crippen LogP contribution < -0.4 is 15.4 Å². The second kappa shape index (κ2) is 10.7. The smallest absolute Gasteiger partial charge is 0.251 e. The van der Waals surface area contributed by atoms with Crippen molar-refractivity contribution in [3.05, 3.63) is 65.2 Å². The van der Waals surface area contributed by atoms with Crippen LogP contribution in [0.1, 0.15) is 93.4 Å². The Labute approximate surface area is 214 Å². The van der Waals surface area contributed by atoms with Crippen LogP contribution in [0.4, 0.5) is 0 Å². The summed E-state index contributed by atoms with van der Waals surface area (Å²) in [5.41, 5.74) is 2.03. The van der Waals surface area contributed by atoms with E-state index in [9.17, 15) is 9.59 Å². The van der Waals surface area contributed by atoms with E-state index in [0.717, 1.165) is 29.7 Å². The number of nitrogens with zero attached hydrogens (tertiary/aromatic N) is 1. The first-order valence-corrected chi connectivity index (χ1v) is 13.1. The Hall–Kier alpha value is -3.35. The monoisotopic (exact) mass is 490 g/mol. The van der Waals surface area contributed by atoms with Crippen molar-refractivity contribution in [2.45, 2.75) is 77.4 Å². The van der Waals surface area contributed by atoms with E-state index in [4.69, 9.17) is 10.1 Å². The lowest BCUT2D eigenvalue weighted by Gasteiger charge is -2.45. The van der Waals surface area contributed by atoms with Gasteiger partial charge in [-0.3, -0.25) is 19.9 Å². The van der Waals surface area contributed by atoms with E-state index in [1.807, 2.05) is 42.5 Å². The fourth-order valence-electron chi connectivity index (χ4n) is 5.32. The van der Waals surface area contributed by atoms with Crippen molar-refractivity contribution in [2.75, 3.05) is 6.61 Å². The van der Waals surface area contributed by atoms with Crippen LogP contribution in [0.2, 0.25) is 0 Å². The van der Waals surface area contributed by atoms with E-state index in [-0.39, 0.29) is 35.4 Å². The highest BCUT2D eigenvalue weighted by Gasteiger charge is 2.42. The zero-order valence-corrected chi connectivity index (χ0v) is 21.8. The van der Waals surface area contributed by atoms with Crippen LogP contribution in [0.5, 0.6) is 5.75 Å². The van der Waals surface area contributed by atoms with Crippen molar-refractivity contribution in [2.24, 2.45) is 5.92 Å². The number of nitrogens with one attached hydrogen (secondary N) is 3. The molecule has 4 rings (SSSR count). The number of carbonyl (C=O) groups excluding carboxylic acids is 2. The number of guanidine groups is 1. The largest absolute Gasteiger partial charge is 0.493 e. The first-order valence-electron chi connectivity index (χ1n) is 13.1. The second-order valence-electron chi connectivity index (χ2n) is 10.4. The van der Waals surface area contributed by atoms with Crippen molar-refractivity contribution in [1.82, 2.24) is 15.5 Å². The molecule has 2 atom stereocenters. The minimum absolute atomic E-state index is 0.0400. The highest BCUT2D eigenvalue weighted by molar-refractivity contribution is 6.00. The van der Waals surface area contributed by atoms with Gasteiger partial charge in [-0.2, -0.15) is 0 Å². The summed E-state index contributed by atoms with van der Waals surface area (Å²) >= 11 is 0. The van der Waals surface area contributed by atoms with Gasteiger partial charge in [0.2, 0.25) is 5.91 Å². The molecule has 2 heterocycles. The lowest BCUT2D eigenvalue weighted by atomic mass is 9.85. The maximum absolute atomic E-state index is 13.4. The van der Waals surface area contributed by atoms with E-state index < -0.39 is 0 Å². The molecule has 0 radical (unpaired) electrons. The molecule has 1 saturated heterocycles. The third-order valence-corrected chi connectivity index (χ3v) is 7.54. The van der Waals surface area contributed by atoms with Crippen LogP contribution in [-0.2, 0) is 4.79 Å². The van der Waals surface area contributed by atoms with E-state index in [1.165, 1.54) is 0 Å². The number of amides is 2. The summed E-state index contributed by atoms with van der Waals surface area (Å²) in [5.74, 6) is 1.06. The van der Waals surface area contributed by atoms with Gasteiger partial charge in [0.05, 0.1) is 25.1 Å². The average molecular weight is 491 g/mol. The van der Waals surface area contributed by atoms with Gasteiger partial charge in [0.15, 0.2) is 5.96 Å². The molecule has 3 N–H and O–H groups in total. The van der Waals surface area contributed by atoms with Gasteiger partial charge in [0, 0.05) is 23.1 Å². The molecule has 192 valence electrons. The van der Waals surface area contributed by atoms with Crippen LogP contribution >= 0.6 is 0 Å². The van der Waals surface area contributed by atoms with Gasteiger partial charge in [0.25, 0.3) is 5.91 Å². The maximum Gasteiger partial charge on any atom is 0.251 e. The Morgan fingerprint density at radius 1 is 1.19 bits per heavy atom. The number of rotatable bonds is 8. The number of carbonyl (C=O) groups is 2. The van der Waals surface area contributed by atoms with Gasteiger partial charge < -0.3 is 15.4 Å². The molecule has 7 nitrogen and oxygen atoms in total. The van der Waals surface area contributed by atoms with Gasteiger partial charge in [0.1, 0.15) is 5.75 Å². The average Bonchev–Trinajstić information content (AvgIpc) is 2.87.